The topological polar surface area (TPSA) is 80.5 Å². The van der Waals surface area contributed by atoms with Crippen LogP contribution in [0.5, 0.6) is 5.75 Å². The van der Waals surface area contributed by atoms with Gasteiger partial charge in [0, 0.05) is 38.1 Å². The Bertz CT molecular complexity index is 1010. The van der Waals surface area contributed by atoms with Crippen LogP contribution in [-0.2, 0) is 15.7 Å². The zero-order chi connectivity index (χ0) is 21.1. The van der Waals surface area contributed by atoms with Crippen molar-refractivity contribution in [3.63, 3.8) is 0 Å². The summed E-state index contributed by atoms with van der Waals surface area (Å²) < 4.78 is 28.8. The number of anilines is 1. The molecule has 2 N–H and O–H groups in total. The number of benzene rings is 1. The molecule has 0 amide bonds. The van der Waals surface area contributed by atoms with Crippen molar-refractivity contribution in [2.75, 3.05) is 31.9 Å². The Hall–Kier alpha value is -2.44. The van der Waals surface area contributed by atoms with Gasteiger partial charge in [-0.1, -0.05) is 12.1 Å². The Morgan fingerprint density at radius 3 is 2.60 bits per heavy atom. The van der Waals surface area contributed by atoms with Gasteiger partial charge in [0.1, 0.15) is 5.76 Å². The number of ether oxygens (including phenoxy) is 1. The molecule has 2 saturated heterocycles. The van der Waals surface area contributed by atoms with Crippen LogP contribution in [0.2, 0.25) is 0 Å². The average molecular weight is 426 g/mol. The maximum atomic E-state index is 13.1. The van der Waals surface area contributed by atoms with E-state index in [1.807, 2.05) is 65.7 Å². The summed E-state index contributed by atoms with van der Waals surface area (Å²) in [5, 5.41) is 0. The van der Waals surface area contributed by atoms with E-state index in [0.717, 1.165) is 43.0 Å². The van der Waals surface area contributed by atoms with Gasteiger partial charge in [0.25, 0.3) is 0 Å². The van der Waals surface area contributed by atoms with Crippen LogP contribution >= 0.6 is 7.67 Å². The summed E-state index contributed by atoms with van der Waals surface area (Å²) in [6.07, 6.45) is 7.50. The standard InChI is InChI=1S/C22H27N4O3P/c1-3-20(8-7-19-5-4-10-24-17(19)2)29-22-15-18(6-9-21(22)23)16-28-30(27,25-11-12-25)26-13-14-26/h3-10,15H,11-14,16,23H2,1-2H3/b8-7-,20-3+. The van der Waals surface area contributed by atoms with Gasteiger partial charge in [-0.3, -0.25) is 9.55 Å². The van der Waals surface area contributed by atoms with Crippen LogP contribution in [0.3, 0.4) is 0 Å². The number of allylic oxidation sites excluding steroid dienone is 2. The highest BCUT2D eigenvalue weighted by atomic mass is 31.2. The summed E-state index contributed by atoms with van der Waals surface area (Å²) in [5.74, 6) is 1.21. The summed E-state index contributed by atoms with van der Waals surface area (Å²) in [6.45, 7) is 7.44. The van der Waals surface area contributed by atoms with E-state index in [0.29, 0.717) is 17.2 Å². The molecule has 30 heavy (non-hydrogen) atoms. The molecule has 0 bridgehead atoms. The fraction of sp³-hybridized carbons (Fsp3) is 0.318. The first-order chi connectivity index (χ1) is 14.5. The van der Waals surface area contributed by atoms with Crippen molar-refractivity contribution in [3.8, 4) is 5.75 Å². The lowest BCUT2D eigenvalue weighted by Crippen LogP contribution is -2.08. The average Bonchev–Trinajstić information content (AvgIpc) is 3.64. The predicted octanol–water partition coefficient (Wildman–Crippen LogP) is 4.22. The van der Waals surface area contributed by atoms with E-state index in [2.05, 4.69) is 4.98 Å². The smallest absolute Gasteiger partial charge is 0.346 e. The van der Waals surface area contributed by atoms with Crippen LogP contribution in [0, 0.1) is 6.92 Å². The van der Waals surface area contributed by atoms with Gasteiger partial charge < -0.3 is 15.0 Å². The fourth-order valence-electron chi connectivity index (χ4n) is 3.01. The summed E-state index contributed by atoms with van der Waals surface area (Å²) in [4.78, 5) is 4.29. The number of nitrogens with two attached hydrogens (primary N) is 1. The Morgan fingerprint density at radius 2 is 1.97 bits per heavy atom. The van der Waals surface area contributed by atoms with Gasteiger partial charge in [-0.15, -0.1) is 0 Å². The highest BCUT2D eigenvalue weighted by Gasteiger charge is 2.49. The van der Waals surface area contributed by atoms with Gasteiger partial charge in [-0.25, -0.2) is 9.34 Å². The number of nitrogens with zero attached hydrogens (tertiary/aromatic N) is 3. The molecule has 0 saturated carbocycles. The van der Waals surface area contributed by atoms with Crippen molar-refractivity contribution in [2.24, 2.45) is 0 Å². The number of hydrogen-bond donors (Lipinski definition) is 1. The highest BCUT2D eigenvalue weighted by molar-refractivity contribution is 7.54. The molecule has 0 aliphatic carbocycles. The van der Waals surface area contributed by atoms with E-state index in [4.69, 9.17) is 15.0 Å². The van der Waals surface area contributed by atoms with E-state index in [9.17, 15) is 4.57 Å². The molecule has 0 unspecified atom stereocenters. The predicted molar refractivity (Wildman–Crippen MR) is 119 cm³/mol. The quantitative estimate of drug-likeness (QED) is 0.211. The molecule has 7 nitrogen and oxygen atoms in total. The van der Waals surface area contributed by atoms with Crippen molar-refractivity contribution in [3.05, 3.63) is 71.3 Å². The second kappa shape index (κ2) is 8.74. The van der Waals surface area contributed by atoms with Crippen molar-refractivity contribution < 1.29 is 13.8 Å². The number of pyridine rings is 1. The first-order valence-corrected chi connectivity index (χ1v) is 11.6. The van der Waals surface area contributed by atoms with Gasteiger partial charge >= 0.3 is 7.67 Å². The van der Waals surface area contributed by atoms with Gasteiger partial charge in [-0.2, -0.15) is 0 Å². The van der Waals surface area contributed by atoms with E-state index < -0.39 is 7.67 Å². The first-order valence-electron chi connectivity index (χ1n) is 10.1. The minimum absolute atomic E-state index is 0.247. The lowest BCUT2D eigenvalue weighted by molar-refractivity contribution is 0.263. The molecule has 8 heteroatoms. The van der Waals surface area contributed by atoms with Crippen LogP contribution in [0.4, 0.5) is 5.69 Å². The number of hydrogen-bond acceptors (Lipinski definition) is 5. The molecule has 0 radical (unpaired) electrons. The van der Waals surface area contributed by atoms with Crippen molar-refractivity contribution >= 4 is 19.4 Å². The largest absolute Gasteiger partial charge is 0.456 e. The van der Waals surface area contributed by atoms with E-state index in [-0.39, 0.29) is 6.61 Å². The maximum Gasteiger partial charge on any atom is 0.346 e. The number of aryl methyl sites for hydroxylation is 1. The first kappa shape index (κ1) is 20.8. The third kappa shape index (κ3) is 4.82. The summed E-state index contributed by atoms with van der Waals surface area (Å²) >= 11 is 0. The molecule has 1 aromatic carbocycles. The third-order valence-electron chi connectivity index (χ3n) is 5.03. The summed E-state index contributed by atoms with van der Waals surface area (Å²) in [5.41, 5.74) is 9.50. The molecule has 2 aliphatic rings. The molecule has 0 spiro atoms. The lowest BCUT2D eigenvalue weighted by atomic mass is 10.2. The molecule has 2 aliphatic heterocycles. The van der Waals surface area contributed by atoms with Crippen LogP contribution in [0.25, 0.3) is 6.08 Å². The Morgan fingerprint density at radius 1 is 1.23 bits per heavy atom. The summed E-state index contributed by atoms with van der Waals surface area (Å²) in [6, 6.07) is 9.41. The number of rotatable bonds is 9. The molecular weight excluding hydrogens is 399 g/mol. The van der Waals surface area contributed by atoms with Crippen molar-refractivity contribution in [2.45, 2.75) is 20.5 Å². The second-order valence-electron chi connectivity index (χ2n) is 7.35. The van der Waals surface area contributed by atoms with E-state index in [1.54, 1.807) is 12.3 Å². The molecule has 4 rings (SSSR count). The maximum absolute atomic E-state index is 13.1. The lowest BCUT2D eigenvalue weighted by Gasteiger charge is -2.20. The van der Waals surface area contributed by atoms with Crippen molar-refractivity contribution in [1.29, 1.82) is 0 Å². The minimum atomic E-state index is -2.85. The van der Waals surface area contributed by atoms with Gasteiger partial charge in [0.2, 0.25) is 0 Å². The SMILES string of the molecule is C/C=C(\C=C/c1cccnc1C)Oc1cc(COP(=O)(N2CC2)N2CC2)ccc1N. The zero-order valence-electron chi connectivity index (χ0n) is 17.3. The highest BCUT2D eigenvalue weighted by Crippen LogP contribution is 2.61. The van der Waals surface area contributed by atoms with E-state index in [1.165, 1.54) is 0 Å². The zero-order valence-corrected chi connectivity index (χ0v) is 18.2. The molecule has 158 valence electrons. The third-order valence-corrected chi connectivity index (χ3v) is 7.72. The Balaban J connectivity index is 1.44. The normalized spacial score (nSPS) is 17.5. The van der Waals surface area contributed by atoms with Crippen LogP contribution in [-0.4, -0.2) is 40.5 Å². The van der Waals surface area contributed by atoms with Crippen LogP contribution < -0.4 is 10.5 Å². The molecule has 1 aromatic heterocycles. The van der Waals surface area contributed by atoms with Gasteiger partial charge in [0.05, 0.1) is 12.3 Å². The molecule has 3 heterocycles. The molecule has 2 aromatic rings. The van der Waals surface area contributed by atoms with Crippen LogP contribution in [0.15, 0.2) is 54.4 Å². The molecule has 0 atom stereocenters. The Labute approximate surface area is 177 Å². The van der Waals surface area contributed by atoms with Gasteiger partial charge in [-0.05, 0) is 61.4 Å². The van der Waals surface area contributed by atoms with Gasteiger partial charge in [0.15, 0.2) is 5.75 Å². The number of nitrogen functional groups attached to an aromatic ring is 1. The molecular formula is C22H27N4O3P. The minimum Gasteiger partial charge on any atom is -0.456 e. The van der Waals surface area contributed by atoms with E-state index >= 15 is 0 Å². The monoisotopic (exact) mass is 426 g/mol. The second-order valence-corrected chi connectivity index (χ2v) is 9.72. The Kier molecular flexibility index (Phi) is 6.06. The molecule has 2 fully saturated rings. The summed E-state index contributed by atoms with van der Waals surface area (Å²) in [7, 11) is -2.85. The van der Waals surface area contributed by atoms with Crippen LogP contribution in [0.1, 0.15) is 23.7 Å². The fourth-order valence-corrected chi connectivity index (χ4v) is 5.21. The van der Waals surface area contributed by atoms with Crippen molar-refractivity contribution in [1.82, 2.24) is 14.3 Å². The number of aromatic nitrogens is 1.